The Morgan fingerprint density at radius 1 is 1.50 bits per heavy atom. The number of anilines is 1. The van der Waals surface area contributed by atoms with E-state index >= 15 is 0 Å². The number of benzene rings is 1. The Hall–Kier alpha value is -2.48. The first kappa shape index (κ1) is 15.1. The van der Waals surface area contributed by atoms with E-state index in [1.165, 1.54) is 19.2 Å². The standard InChI is InChI=1S/C16H17N3O5/c1-24-14(20)10-8-16(18-6-2-3-13(10)18)11-7-9(19(22)23)4-5-12(11)17-15(16)21/h4-5,7,10,13H,2-3,6,8H2,1H3,(H,17,21)/p+1/t10-,13-,16+/m1/s1. The predicted molar refractivity (Wildman–Crippen MR) is 82.4 cm³/mol. The van der Waals surface area contributed by atoms with Crippen molar-refractivity contribution in [3.05, 3.63) is 33.9 Å². The van der Waals surface area contributed by atoms with Crippen molar-refractivity contribution in [1.82, 2.24) is 0 Å². The Kier molecular flexibility index (Phi) is 3.14. The maximum atomic E-state index is 12.9. The molecule has 1 unspecified atom stereocenters. The van der Waals surface area contributed by atoms with Gasteiger partial charge in [0.2, 0.25) is 5.54 Å². The van der Waals surface area contributed by atoms with E-state index < -0.39 is 10.5 Å². The molecule has 1 spiro atoms. The number of hydrogen-bond donors (Lipinski definition) is 2. The number of non-ortho nitro benzene ring substituents is 1. The number of hydrogen-bond acceptors (Lipinski definition) is 5. The Morgan fingerprint density at radius 2 is 2.29 bits per heavy atom. The van der Waals surface area contributed by atoms with E-state index in [4.69, 9.17) is 4.74 Å². The monoisotopic (exact) mass is 332 g/mol. The zero-order chi connectivity index (χ0) is 17.1. The third-order valence-corrected chi connectivity index (χ3v) is 5.78. The zero-order valence-electron chi connectivity index (χ0n) is 13.2. The van der Waals surface area contributed by atoms with Gasteiger partial charge in [-0.15, -0.1) is 0 Å². The molecule has 0 aliphatic carbocycles. The quantitative estimate of drug-likeness (QED) is 0.450. The summed E-state index contributed by atoms with van der Waals surface area (Å²) in [5.74, 6) is -0.835. The number of methoxy groups -OCH3 is 1. The molecule has 1 aromatic rings. The molecule has 1 amide bonds. The number of ether oxygens (including phenoxy) is 1. The second-order valence-electron chi connectivity index (χ2n) is 6.70. The molecule has 8 heteroatoms. The number of carbonyl (C=O) groups excluding carboxylic acids is 2. The van der Waals surface area contributed by atoms with E-state index in [0.29, 0.717) is 17.7 Å². The van der Waals surface area contributed by atoms with Gasteiger partial charge in [-0.25, -0.2) is 0 Å². The number of carbonyl (C=O) groups is 2. The molecule has 24 heavy (non-hydrogen) atoms. The van der Waals surface area contributed by atoms with Crippen molar-refractivity contribution in [1.29, 1.82) is 0 Å². The summed E-state index contributed by atoms with van der Waals surface area (Å²) < 4.78 is 4.94. The molecule has 3 heterocycles. The van der Waals surface area contributed by atoms with E-state index in [2.05, 4.69) is 5.32 Å². The summed E-state index contributed by atoms with van der Waals surface area (Å²) in [5, 5.41) is 14.0. The summed E-state index contributed by atoms with van der Waals surface area (Å²) in [5.41, 5.74) is 0.270. The lowest BCUT2D eigenvalue weighted by Gasteiger charge is -2.29. The highest BCUT2D eigenvalue weighted by atomic mass is 16.6. The molecule has 0 saturated carbocycles. The Labute approximate surface area is 137 Å². The lowest BCUT2D eigenvalue weighted by Crippen LogP contribution is -3.19. The fourth-order valence-electron chi connectivity index (χ4n) is 4.83. The van der Waals surface area contributed by atoms with E-state index in [1.54, 1.807) is 6.07 Å². The molecular formula is C16H18N3O5+. The maximum Gasteiger partial charge on any atom is 0.315 e. The van der Waals surface area contributed by atoms with E-state index in [0.717, 1.165) is 24.3 Å². The van der Waals surface area contributed by atoms with Crippen molar-refractivity contribution in [3.63, 3.8) is 0 Å². The van der Waals surface area contributed by atoms with Crippen LogP contribution in [-0.2, 0) is 19.9 Å². The van der Waals surface area contributed by atoms with Gasteiger partial charge < -0.3 is 15.0 Å². The fraction of sp³-hybridized carbons (Fsp3) is 0.500. The van der Waals surface area contributed by atoms with Gasteiger partial charge in [-0.1, -0.05) is 0 Å². The lowest BCUT2D eigenvalue weighted by atomic mass is 9.84. The zero-order valence-corrected chi connectivity index (χ0v) is 13.2. The number of esters is 1. The van der Waals surface area contributed by atoms with Gasteiger partial charge in [0.15, 0.2) is 0 Å². The van der Waals surface area contributed by atoms with Crippen LogP contribution in [0.1, 0.15) is 24.8 Å². The predicted octanol–water partition coefficient (Wildman–Crippen LogP) is -0.0176. The van der Waals surface area contributed by atoms with Crippen LogP contribution >= 0.6 is 0 Å². The van der Waals surface area contributed by atoms with Crippen molar-refractivity contribution in [3.8, 4) is 0 Å². The SMILES string of the molecule is COC(=O)[C@@H]1C[C@]2(C(=O)Nc3ccc([N+](=O)[O-])cc32)[NH+]2CCC[C@H]12. The molecule has 4 rings (SSSR count). The number of amides is 1. The Morgan fingerprint density at radius 3 is 3.00 bits per heavy atom. The first-order valence-corrected chi connectivity index (χ1v) is 8.03. The minimum atomic E-state index is -0.929. The van der Waals surface area contributed by atoms with Gasteiger partial charge in [-0.05, 0) is 6.07 Å². The molecular weight excluding hydrogens is 314 g/mol. The van der Waals surface area contributed by atoms with Crippen LogP contribution in [0.25, 0.3) is 0 Å². The summed E-state index contributed by atoms with van der Waals surface area (Å²) >= 11 is 0. The van der Waals surface area contributed by atoms with E-state index in [1.807, 2.05) is 0 Å². The van der Waals surface area contributed by atoms with Crippen LogP contribution < -0.4 is 10.2 Å². The molecule has 3 aliphatic rings. The number of quaternary nitrogens is 1. The highest BCUT2D eigenvalue weighted by Gasteiger charge is 2.67. The number of rotatable bonds is 2. The minimum Gasteiger partial charge on any atom is -0.469 e. The van der Waals surface area contributed by atoms with Crippen molar-refractivity contribution in [2.75, 3.05) is 19.0 Å². The van der Waals surface area contributed by atoms with Gasteiger partial charge in [-0.2, -0.15) is 0 Å². The van der Waals surface area contributed by atoms with Crippen molar-refractivity contribution in [2.24, 2.45) is 5.92 Å². The molecule has 0 bridgehead atoms. The molecule has 4 atom stereocenters. The second kappa shape index (κ2) is 5.01. The van der Waals surface area contributed by atoms with Crippen LogP contribution in [0.4, 0.5) is 11.4 Å². The average molecular weight is 332 g/mol. The second-order valence-corrected chi connectivity index (χ2v) is 6.70. The Balaban J connectivity index is 1.86. The molecule has 2 fully saturated rings. The fourth-order valence-corrected chi connectivity index (χ4v) is 4.83. The highest BCUT2D eigenvalue weighted by Crippen LogP contribution is 2.45. The molecule has 126 valence electrons. The van der Waals surface area contributed by atoms with E-state index in [-0.39, 0.29) is 29.5 Å². The molecule has 0 radical (unpaired) electrons. The summed E-state index contributed by atoms with van der Waals surface area (Å²) in [4.78, 5) is 36.8. The summed E-state index contributed by atoms with van der Waals surface area (Å²) in [6.07, 6.45) is 2.11. The lowest BCUT2D eigenvalue weighted by molar-refractivity contribution is -0.947. The summed E-state index contributed by atoms with van der Waals surface area (Å²) in [6.45, 7) is 0.772. The first-order chi connectivity index (χ1) is 11.5. The number of nitrogens with zero attached hydrogens (tertiary/aromatic N) is 1. The van der Waals surface area contributed by atoms with Gasteiger partial charge >= 0.3 is 5.97 Å². The number of nitro groups is 1. The molecule has 8 nitrogen and oxygen atoms in total. The summed E-state index contributed by atoms with van der Waals surface area (Å²) in [7, 11) is 1.36. The first-order valence-electron chi connectivity index (χ1n) is 8.03. The topological polar surface area (TPSA) is 103 Å². The smallest absolute Gasteiger partial charge is 0.315 e. The maximum absolute atomic E-state index is 12.9. The van der Waals surface area contributed by atoms with Crippen molar-refractivity contribution < 1.29 is 24.1 Å². The molecule has 0 aromatic heterocycles. The number of nitro benzene ring substituents is 1. The van der Waals surface area contributed by atoms with Crippen LogP contribution in [0.5, 0.6) is 0 Å². The van der Waals surface area contributed by atoms with Gasteiger partial charge in [-0.3, -0.25) is 19.7 Å². The number of fused-ring (bicyclic) bond motifs is 4. The highest BCUT2D eigenvalue weighted by molar-refractivity contribution is 6.05. The minimum absolute atomic E-state index is 0.0217. The van der Waals surface area contributed by atoms with Crippen LogP contribution in [0.3, 0.4) is 0 Å². The normalized spacial score (nSPS) is 33.2. The molecule has 2 saturated heterocycles. The number of nitrogens with one attached hydrogen (secondary N) is 2. The Bertz CT molecular complexity index is 764. The third-order valence-electron chi connectivity index (χ3n) is 5.78. The molecule has 1 aromatic carbocycles. The van der Waals surface area contributed by atoms with Gasteiger partial charge in [0.05, 0.1) is 29.8 Å². The molecule has 2 N–H and O–H groups in total. The van der Waals surface area contributed by atoms with Gasteiger partial charge in [0.25, 0.3) is 11.6 Å². The van der Waals surface area contributed by atoms with Crippen LogP contribution in [0.2, 0.25) is 0 Å². The largest absolute Gasteiger partial charge is 0.469 e. The van der Waals surface area contributed by atoms with Crippen molar-refractivity contribution in [2.45, 2.75) is 30.8 Å². The van der Waals surface area contributed by atoms with Gasteiger partial charge in [0.1, 0.15) is 12.0 Å². The third kappa shape index (κ3) is 1.77. The molecule has 3 aliphatic heterocycles. The summed E-state index contributed by atoms with van der Waals surface area (Å²) in [6, 6.07) is 4.47. The van der Waals surface area contributed by atoms with Crippen LogP contribution in [-0.4, -0.2) is 36.5 Å². The van der Waals surface area contributed by atoms with E-state index in [9.17, 15) is 19.7 Å². The van der Waals surface area contributed by atoms with Crippen LogP contribution in [0.15, 0.2) is 18.2 Å². The van der Waals surface area contributed by atoms with Crippen molar-refractivity contribution >= 4 is 23.3 Å². The van der Waals surface area contributed by atoms with Crippen LogP contribution in [0, 0.1) is 16.0 Å². The van der Waals surface area contributed by atoms with Gasteiger partial charge in [0, 0.05) is 31.4 Å². The average Bonchev–Trinajstić information content (AvgIpc) is 3.22.